The summed E-state index contributed by atoms with van der Waals surface area (Å²) in [6, 6.07) is 22.5. The van der Waals surface area contributed by atoms with E-state index in [0.717, 1.165) is 49.6 Å². The Kier molecular flexibility index (Phi) is 12.5. The van der Waals surface area contributed by atoms with Gasteiger partial charge in [0.05, 0.1) is 57.9 Å². The molecule has 2 aliphatic carbocycles. The van der Waals surface area contributed by atoms with Crippen LogP contribution < -0.4 is 26.4 Å². The molecular weight excluding hydrogens is 976 g/mol. The number of halogens is 1. The molecule has 0 unspecified atom stereocenters. The van der Waals surface area contributed by atoms with Gasteiger partial charge in [-0.3, -0.25) is 0 Å². The van der Waals surface area contributed by atoms with Gasteiger partial charge in [-0.15, -0.1) is 0 Å². The van der Waals surface area contributed by atoms with Crippen molar-refractivity contribution < 1.29 is 29.0 Å². The van der Waals surface area contributed by atoms with Crippen LogP contribution in [0.1, 0.15) is 81.1 Å². The number of nitrogens with zero attached hydrogens (tertiary/aromatic N) is 9. The smallest absolute Gasteiger partial charge is 0.490 e. The summed E-state index contributed by atoms with van der Waals surface area (Å²) in [5.74, 6) is 2.39. The van der Waals surface area contributed by atoms with Gasteiger partial charge < -0.3 is 40.5 Å². The van der Waals surface area contributed by atoms with Crippen LogP contribution in [0.25, 0.3) is 55.0 Å². The van der Waals surface area contributed by atoms with E-state index in [1.807, 2.05) is 30.3 Å². The van der Waals surface area contributed by atoms with Gasteiger partial charge >= 0.3 is 7.12 Å². The molecule has 68 heavy (non-hydrogen) atoms. The number of nitrogens with two attached hydrogens (primary N) is 2. The maximum absolute atomic E-state index is 10.3. The van der Waals surface area contributed by atoms with Crippen LogP contribution in [-0.2, 0) is 22.4 Å². The highest BCUT2D eigenvalue weighted by molar-refractivity contribution is 14.1. The molecule has 1 saturated heterocycles. The molecule has 8 aromatic rings. The number of anilines is 2. The van der Waals surface area contributed by atoms with Crippen LogP contribution in [0.5, 0.6) is 11.6 Å². The van der Waals surface area contributed by atoms with Crippen molar-refractivity contribution in [1.82, 2.24) is 44.5 Å². The van der Waals surface area contributed by atoms with Gasteiger partial charge in [-0.2, -0.15) is 10.2 Å². The van der Waals surface area contributed by atoms with Gasteiger partial charge in [0.2, 0.25) is 5.88 Å². The molecular formula is C49H57BIN11O6. The molecule has 354 valence electrons. The molecule has 3 aromatic carbocycles. The third-order valence-electron chi connectivity index (χ3n) is 12.1. The molecule has 3 aliphatic rings. The minimum atomic E-state index is -0.943. The van der Waals surface area contributed by atoms with E-state index in [1.165, 1.54) is 36.3 Å². The maximum Gasteiger partial charge on any atom is 0.494 e. The Bertz CT molecular complexity index is 3140. The van der Waals surface area contributed by atoms with Gasteiger partial charge in [0.1, 0.15) is 45.5 Å². The summed E-state index contributed by atoms with van der Waals surface area (Å²) in [4.78, 5) is 21.1. The van der Waals surface area contributed by atoms with Crippen LogP contribution in [-0.4, -0.2) is 96.4 Å². The summed E-state index contributed by atoms with van der Waals surface area (Å²) < 4.78 is 28.0. The largest absolute Gasteiger partial charge is 0.494 e. The van der Waals surface area contributed by atoms with Gasteiger partial charge in [-0.25, -0.2) is 34.3 Å². The van der Waals surface area contributed by atoms with E-state index in [1.54, 1.807) is 37.1 Å². The number of aromatic nitrogens is 9. The first-order valence-corrected chi connectivity index (χ1v) is 23.9. The number of hydrogen-bond acceptors (Lipinski definition) is 15. The predicted octanol–water partition coefficient (Wildman–Crippen LogP) is 7.40. The molecule has 11 rings (SSSR count). The summed E-state index contributed by atoms with van der Waals surface area (Å²) in [7, 11) is -0.313. The highest BCUT2D eigenvalue weighted by Gasteiger charge is 2.51. The Morgan fingerprint density at radius 3 is 1.88 bits per heavy atom. The topological polar surface area (TPSA) is 230 Å². The van der Waals surface area contributed by atoms with Crippen molar-refractivity contribution in [2.24, 2.45) is 0 Å². The number of aliphatic hydroxyl groups is 2. The monoisotopic (exact) mass is 1030 g/mol. The lowest BCUT2D eigenvalue weighted by atomic mass is 9.78. The summed E-state index contributed by atoms with van der Waals surface area (Å²) >= 11 is 2.08. The van der Waals surface area contributed by atoms with Gasteiger partial charge in [-0.05, 0) is 150 Å². The Balaban J connectivity index is 0.000000133. The van der Waals surface area contributed by atoms with Crippen molar-refractivity contribution in [2.75, 3.05) is 11.5 Å². The van der Waals surface area contributed by atoms with Crippen LogP contribution in [0.4, 0.5) is 11.6 Å². The molecule has 2 saturated carbocycles. The average molecular weight is 1030 g/mol. The fourth-order valence-electron chi connectivity index (χ4n) is 7.67. The van der Waals surface area contributed by atoms with Crippen molar-refractivity contribution in [3.8, 4) is 22.9 Å². The van der Waals surface area contributed by atoms with Gasteiger partial charge in [-0.1, -0.05) is 30.3 Å². The maximum atomic E-state index is 10.3. The van der Waals surface area contributed by atoms with E-state index in [-0.39, 0.29) is 24.9 Å². The molecule has 0 spiro atoms. The third kappa shape index (κ3) is 10.6. The first-order chi connectivity index (χ1) is 32.1. The van der Waals surface area contributed by atoms with E-state index in [2.05, 4.69) is 117 Å². The molecule has 0 amide bonds. The SMILES string of the molecule is CC(C)(O)Cn1nc(-c2ccc3nc(OC4CC4)ccc3c2)c2c(N)ncnc21.CC(C)(O)Cn1nc(I)c2c(N)ncnc21.CC1(C)OB(c2ccc3cc(OC4CC4)ccc3c2)OC1(C)C. The summed E-state index contributed by atoms with van der Waals surface area (Å²) in [5, 5.41) is 33.8. The Morgan fingerprint density at radius 1 is 0.691 bits per heavy atom. The number of rotatable bonds is 10. The van der Waals surface area contributed by atoms with Crippen molar-refractivity contribution in [3.63, 3.8) is 0 Å². The molecule has 19 heteroatoms. The Hall–Kier alpha value is -5.74. The van der Waals surface area contributed by atoms with Crippen LogP contribution in [0.2, 0.25) is 0 Å². The number of pyridine rings is 1. The lowest BCUT2D eigenvalue weighted by Gasteiger charge is -2.32. The molecule has 3 fully saturated rings. The van der Waals surface area contributed by atoms with Crippen molar-refractivity contribution >= 4 is 90.5 Å². The van der Waals surface area contributed by atoms with E-state index < -0.39 is 11.2 Å². The number of benzene rings is 3. The Labute approximate surface area is 408 Å². The molecule has 5 aromatic heterocycles. The zero-order chi connectivity index (χ0) is 48.3. The van der Waals surface area contributed by atoms with Crippen molar-refractivity contribution in [1.29, 1.82) is 0 Å². The van der Waals surface area contributed by atoms with Gasteiger partial charge in [0.25, 0.3) is 0 Å². The molecule has 6 N–H and O–H groups in total. The van der Waals surface area contributed by atoms with E-state index in [0.29, 0.717) is 58.6 Å². The van der Waals surface area contributed by atoms with Crippen molar-refractivity contribution in [2.45, 2.75) is 129 Å². The van der Waals surface area contributed by atoms with Crippen LogP contribution in [0, 0.1) is 3.70 Å². The average Bonchev–Trinajstić information content (AvgIpc) is 4.19. The molecule has 17 nitrogen and oxygen atoms in total. The molecule has 0 radical (unpaired) electrons. The third-order valence-corrected chi connectivity index (χ3v) is 12.8. The van der Waals surface area contributed by atoms with E-state index in [4.69, 9.17) is 35.3 Å². The lowest BCUT2D eigenvalue weighted by Crippen LogP contribution is -2.41. The minimum absolute atomic E-state index is 0.289. The fraction of sp³-hybridized carbons (Fsp3) is 0.408. The standard InChI is InChI=1S/C21H22N6O2.C19H23BO3.C9H12IN5O/c1-21(2,28)10-27-20-17(19(22)23-11-24-20)18(26-27)13-3-7-15-12(9-13)4-8-16(25-15)29-14-5-6-14;1-18(2)19(3,4)23-20(22-18)15-7-5-14-12-17(21-16-9-10-16)8-6-13(14)11-15;1-9(2,16)3-15-8-5(6(10)14-15)7(11)12-4-13-8/h3-4,7-9,11,14,28H,5-6,10H2,1-2H3,(H2,22,23,24);5-8,11-12,16H,9-10H2,1-4H3;4,16H,3H2,1-2H3,(H2,11,12,13). The number of nitrogen functional groups attached to an aromatic ring is 2. The highest BCUT2D eigenvalue weighted by atomic mass is 127. The molecule has 0 atom stereocenters. The fourth-order valence-corrected chi connectivity index (χ4v) is 8.45. The summed E-state index contributed by atoms with van der Waals surface area (Å²) in [5.41, 5.74) is 14.3. The highest BCUT2D eigenvalue weighted by Crippen LogP contribution is 2.38. The van der Waals surface area contributed by atoms with E-state index in [9.17, 15) is 10.2 Å². The normalized spacial score (nSPS) is 16.7. The molecule has 1 aliphatic heterocycles. The predicted molar refractivity (Wildman–Crippen MR) is 272 cm³/mol. The number of hydrogen-bond donors (Lipinski definition) is 4. The Morgan fingerprint density at radius 2 is 1.25 bits per heavy atom. The second-order valence-electron chi connectivity index (χ2n) is 20.0. The quantitative estimate of drug-likeness (QED) is 0.0773. The number of fused-ring (bicyclic) bond motifs is 4. The van der Waals surface area contributed by atoms with Crippen molar-refractivity contribution in [3.05, 3.63) is 83.1 Å². The zero-order valence-corrected chi connectivity index (χ0v) is 41.7. The van der Waals surface area contributed by atoms with E-state index >= 15 is 0 Å². The van der Waals surface area contributed by atoms with Crippen LogP contribution in [0.3, 0.4) is 0 Å². The summed E-state index contributed by atoms with van der Waals surface area (Å²) in [6.45, 7) is 15.9. The van der Waals surface area contributed by atoms with Gasteiger partial charge in [0, 0.05) is 17.0 Å². The van der Waals surface area contributed by atoms with Crippen LogP contribution in [0.15, 0.2) is 79.4 Å². The number of ether oxygens (including phenoxy) is 2. The van der Waals surface area contributed by atoms with Crippen LogP contribution >= 0.6 is 22.6 Å². The molecule has 0 bridgehead atoms. The lowest BCUT2D eigenvalue weighted by molar-refractivity contribution is 0.00578. The first-order valence-electron chi connectivity index (χ1n) is 22.8. The second kappa shape index (κ2) is 18.0. The summed E-state index contributed by atoms with van der Waals surface area (Å²) in [6.07, 6.45) is 8.11. The zero-order valence-electron chi connectivity index (χ0n) is 39.6. The minimum Gasteiger partial charge on any atom is -0.490 e. The second-order valence-corrected chi connectivity index (χ2v) is 21.1. The molecule has 6 heterocycles. The van der Waals surface area contributed by atoms with Gasteiger partial charge in [0.15, 0.2) is 11.3 Å². The first kappa shape index (κ1) is 47.3.